The van der Waals surface area contributed by atoms with Crippen LogP contribution in [0.3, 0.4) is 0 Å². The molecule has 5 aromatic rings. The number of aromatic nitrogens is 2. The van der Waals surface area contributed by atoms with E-state index in [4.69, 9.17) is 29.3 Å². The predicted molar refractivity (Wildman–Crippen MR) is 190 cm³/mol. The summed E-state index contributed by atoms with van der Waals surface area (Å²) in [6, 6.07) is 28.5. The van der Waals surface area contributed by atoms with E-state index >= 15 is 0 Å². The minimum absolute atomic E-state index is 0.238. The summed E-state index contributed by atoms with van der Waals surface area (Å²) in [6.07, 6.45) is 0. The van der Waals surface area contributed by atoms with Crippen molar-refractivity contribution < 1.29 is 18.6 Å². The maximum atomic E-state index is 13.7. The highest BCUT2D eigenvalue weighted by Crippen LogP contribution is 2.52. The van der Waals surface area contributed by atoms with Gasteiger partial charge in [-0.3, -0.25) is 0 Å². The zero-order valence-corrected chi connectivity index (χ0v) is 27.8. The first-order valence-electron chi connectivity index (χ1n) is 16.3. The third kappa shape index (κ3) is 5.04. The molecule has 1 fully saturated rings. The third-order valence-electron chi connectivity index (χ3n) is 9.42. The Labute approximate surface area is 284 Å². The van der Waals surface area contributed by atoms with Gasteiger partial charge in [0.15, 0.2) is 29.0 Å². The standard InChI is InChI=1S/C38H36FN7O3/c1-24-32-33(28-18-19-31(47-2)35(49-4)34(28)48-3)45-30-13-9-8-12-29(30)40-37(38(45)41-36(32)46(42-24)27-10-6-5-7-11-27)44-22-20-43(21-23-44)26-16-14-25(39)15-17-26/h5-19,33H,20-23H2,1-4H3/t33-/m0/s1. The summed E-state index contributed by atoms with van der Waals surface area (Å²) in [6.45, 7) is 4.94. The van der Waals surface area contributed by atoms with Gasteiger partial charge in [-0.1, -0.05) is 30.3 Å². The summed E-state index contributed by atoms with van der Waals surface area (Å²) in [5.41, 5.74) is 6.36. The molecule has 3 aliphatic rings. The predicted octanol–water partition coefficient (Wildman–Crippen LogP) is 6.85. The smallest absolute Gasteiger partial charge is 0.203 e. The van der Waals surface area contributed by atoms with Gasteiger partial charge in [-0.2, -0.15) is 5.10 Å². The van der Waals surface area contributed by atoms with Gasteiger partial charge in [-0.05, 0) is 67.6 Å². The monoisotopic (exact) mass is 657 g/mol. The molecule has 1 atom stereocenters. The highest BCUT2D eigenvalue weighted by atomic mass is 19.1. The zero-order chi connectivity index (χ0) is 33.6. The average Bonchev–Trinajstić information content (AvgIpc) is 3.49. The minimum Gasteiger partial charge on any atom is -0.493 e. The molecule has 0 amide bonds. The van der Waals surface area contributed by atoms with Gasteiger partial charge >= 0.3 is 0 Å². The first-order valence-corrected chi connectivity index (χ1v) is 16.3. The molecule has 0 bridgehead atoms. The maximum Gasteiger partial charge on any atom is 0.203 e. The number of piperazine rings is 1. The lowest BCUT2D eigenvalue weighted by Gasteiger charge is -2.44. The van der Waals surface area contributed by atoms with Crippen LogP contribution in [0.15, 0.2) is 101 Å². The summed E-state index contributed by atoms with van der Waals surface area (Å²) in [5.74, 6) is 3.65. The Morgan fingerprint density at radius 3 is 2.08 bits per heavy atom. The summed E-state index contributed by atoms with van der Waals surface area (Å²) < 4.78 is 33.3. The van der Waals surface area contributed by atoms with Crippen LogP contribution in [0.4, 0.5) is 27.3 Å². The fraction of sp³-hybridized carbons (Fsp3) is 0.237. The molecule has 0 N–H and O–H groups in total. The Kier molecular flexibility index (Phi) is 7.66. The Hall–Kier alpha value is -5.84. The van der Waals surface area contributed by atoms with Crippen LogP contribution in [-0.2, 0) is 0 Å². The van der Waals surface area contributed by atoms with Crippen LogP contribution in [0.5, 0.6) is 17.2 Å². The molecule has 4 heterocycles. The van der Waals surface area contributed by atoms with Crippen LogP contribution in [0, 0.1) is 12.7 Å². The molecule has 8 rings (SSSR count). The Balaban J connectivity index is 1.32. The largest absolute Gasteiger partial charge is 0.493 e. The number of aryl methyl sites for hydroxylation is 1. The van der Waals surface area contributed by atoms with Crippen LogP contribution in [0.25, 0.3) is 5.69 Å². The number of amidine groups is 2. The van der Waals surface area contributed by atoms with E-state index in [-0.39, 0.29) is 5.82 Å². The van der Waals surface area contributed by atoms with Crippen LogP contribution in [-0.4, -0.2) is 73.9 Å². The molecule has 1 aromatic heterocycles. The lowest BCUT2D eigenvalue weighted by molar-refractivity contribution is 0.321. The Morgan fingerprint density at radius 2 is 1.37 bits per heavy atom. The number of benzene rings is 4. The van der Waals surface area contributed by atoms with E-state index in [2.05, 4.69) is 20.8 Å². The van der Waals surface area contributed by atoms with E-state index in [1.54, 1.807) is 21.3 Å². The average molecular weight is 658 g/mol. The van der Waals surface area contributed by atoms with E-state index < -0.39 is 6.04 Å². The normalized spacial score (nSPS) is 16.7. The summed E-state index contributed by atoms with van der Waals surface area (Å²) in [7, 11) is 4.89. The maximum absolute atomic E-state index is 13.7. The molecule has 11 heteroatoms. The molecule has 10 nitrogen and oxygen atoms in total. The SMILES string of the molecule is COc1ccc([C@H]2c3c(C)nn(-c4ccccc4)c3N=C3C(N4CCN(c5ccc(F)cc5)CC4)=Nc4ccccc4N32)c(OC)c1OC. The van der Waals surface area contributed by atoms with Crippen molar-refractivity contribution in [2.24, 2.45) is 9.98 Å². The molecule has 4 aromatic carbocycles. The van der Waals surface area contributed by atoms with Crippen molar-refractivity contribution in [1.29, 1.82) is 0 Å². The van der Waals surface area contributed by atoms with Gasteiger partial charge in [0, 0.05) is 43.0 Å². The van der Waals surface area contributed by atoms with E-state index in [1.165, 1.54) is 12.1 Å². The van der Waals surface area contributed by atoms with Crippen LogP contribution in [0.1, 0.15) is 22.9 Å². The van der Waals surface area contributed by atoms with Crippen molar-refractivity contribution in [2.75, 3.05) is 57.3 Å². The van der Waals surface area contributed by atoms with E-state index in [0.717, 1.165) is 70.1 Å². The second-order valence-electron chi connectivity index (χ2n) is 12.1. The van der Waals surface area contributed by atoms with Crippen molar-refractivity contribution in [3.8, 4) is 22.9 Å². The number of fused-ring (bicyclic) bond motifs is 4. The van der Waals surface area contributed by atoms with E-state index in [1.807, 2.05) is 84.4 Å². The topological polar surface area (TPSA) is 80.0 Å². The number of rotatable bonds is 6. The van der Waals surface area contributed by atoms with Gasteiger partial charge in [0.05, 0.1) is 50.1 Å². The molecule has 0 aliphatic carbocycles. The molecule has 0 unspecified atom stereocenters. The first-order chi connectivity index (χ1) is 24.0. The molecule has 1 saturated heterocycles. The first kappa shape index (κ1) is 30.5. The number of aliphatic imine (C=N–C) groups is 2. The number of anilines is 2. The van der Waals surface area contributed by atoms with Gasteiger partial charge in [0.1, 0.15) is 5.82 Å². The van der Waals surface area contributed by atoms with Gasteiger partial charge in [0.2, 0.25) is 5.75 Å². The van der Waals surface area contributed by atoms with E-state index in [9.17, 15) is 4.39 Å². The second-order valence-corrected chi connectivity index (χ2v) is 12.1. The second kappa shape index (κ2) is 12.3. The van der Waals surface area contributed by atoms with E-state index in [0.29, 0.717) is 30.3 Å². The number of hydrogen-bond acceptors (Lipinski definition) is 9. The molecule has 3 aliphatic heterocycles. The van der Waals surface area contributed by atoms with Crippen molar-refractivity contribution in [3.05, 3.63) is 114 Å². The Bertz CT molecular complexity index is 2090. The molecule has 49 heavy (non-hydrogen) atoms. The number of ether oxygens (including phenoxy) is 3. The fourth-order valence-electron chi connectivity index (χ4n) is 7.12. The molecule has 0 saturated carbocycles. The molecule has 0 radical (unpaired) electrons. The molecular formula is C38H36FN7O3. The third-order valence-corrected chi connectivity index (χ3v) is 9.42. The quantitative estimate of drug-likeness (QED) is 0.198. The Morgan fingerprint density at radius 1 is 0.673 bits per heavy atom. The van der Waals surface area contributed by atoms with Gasteiger partial charge in [-0.25, -0.2) is 19.1 Å². The number of methoxy groups -OCH3 is 3. The van der Waals surface area contributed by atoms with Crippen molar-refractivity contribution in [1.82, 2.24) is 14.7 Å². The van der Waals surface area contributed by atoms with Crippen LogP contribution in [0.2, 0.25) is 0 Å². The van der Waals surface area contributed by atoms with Gasteiger partial charge in [0.25, 0.3) is 0 Å². The van der Waals surface area contributed by atoms with Crippen molar-refractivity contribution in [2.45, 2.75) is 13.0 Å². The van der Waals surface area contributed by atoms with Gasteiger partial charge in [-0.15, -0.1) is 0 Å². The van der Waals surface area contributed by atoms with Crippen molar-refractivity contribution >= 4 is 34.6 Å². The highest BCUT2D eigenvalue weighted by molar-refractivity contribution is 6.48. The minimum atomic E-state index is -0.401. The van der Waals surface area contributed by atoms with Gasteiger partial charge < -0.3 is 28.9 Å². The number of para-hydroxylation sites is 3. The summed E-state index contributed by atoms with van der Waals surface area (Å²) in [5, 5.41) is 5.07. The highest BCUT2D eigenvalue weighted by Gasteiger charge is 2.44. The summed E-state index contributed by atoms with van der Waals surface area (Å²) in [4.78, 5) is 17.5. The fourth-order valence-corrected chi connectivity index (χ4v) is 7.12. The molecular weight excluding hydrogens is 621 g/mol. The number of halogens is 1. The zero-order valence-electron chi connectivity index (χ0n) is 27.8. The lowest BCUT2D eigenvalue weighted by Crippen LogP contribution is -2.55. The van der Waals surface area contributed by atoms with Crippen molar-refractivity contribution in [3.63, 3.8) is 0 Å². The number of nitrogens with zero attached hydrogens (tertiary/aromatic N) is 7. The van der Waals surface area contributed by atoms with Crippen LogP contribution < -0.4 is 24.0 Å². The molecule has 0 spiro atoms. The molecule has 248 valence electrons. The van der Waals surface area contributed by atoms with Crippen LogP contribution >= 0.6 is 0 Å². The lowest BCUT2D eigenvalue weighted by atomic mass is 9.92. The summed E-state index contributed by atoms with van der Waals surface area (Å²) >= 11 is 0. The number of hydrogen-bond donors (Lipinski definition) is 0.